The van der Waals surface area contributed by atoms with Crippen LogP contribution in [0, 0.1) is 11.8 Å². The second-order valence-electron chi connectivity index (χ2n) is 9.16. The highest BCUT2D eigenvalue weighted by molar-refractivity contribution is 6.35. The van der Waals surface area contributed by atoms with Crippen molar-refractivity contribution in [1.29, 1.82) is 0 Å². The molecule has 0 unspecified atom stereocenters. The zero-order chi connectivity index (χ0) is 27.2. The molecule has 8 nitrogen and oxygen atoms in total. The van der Waals surface area contributed by atoms with Crippen molar-refractivity contribution in [3.63, 3.8) is 0 Å². The third kappa shape index (κ3) is 6.22. The van der Waals surface area contributed by atoms with Crippen molar-refractivity contribution in [3.8, 4) is 11.8 Å². The molecule has 0 atom stereocenters. The third-order valence-electron chi connectivity index (χ3n) is 6.50. The summed E-state index contributed by atoms with van der Waals surface area (Å²) in [6.07, 6.45) is 1.70. The molecule has 5 rings (SSSR count). The Balaban J connectivity index is 1.18. The molecule has 0 radical (unpaired) electrons. The molecule has 4 aromatic rings. The van der Waals surface area contributed by atoms with Crippen LogP contribution in [0.5, 0.6) is 0 Å². The first-order chi connectivity index (χ1) is 18.9. The van der Waals surface area contributed by atoms with E-state index in [2.05, 4.69) is 68.3 Å². The number of hydrogen-bond donors (Lipinski definition) is 3. The van der Waals surface area contributed by atoms with Gasteiger partial charge in [-0.1, -0.05) is 72.1 Å². The van der Waals surface area contributed by atoms with Crippen LogP contribution in [0.3, 0.4) is 0 Å². The van der Waals surface area contributed by atoms with Crippen LogP contribution in [0.15, 0.2) is 78.9 Å². The predicted octanol–water partition coefficient (Wildman–Crippen LogP) is 3.49. The van der Waals surface area contributed by atoms with Crippen LogP contribution in [0.1, 0.15) is 40.0 Å². The molecule has 0 bridgehead atoms. The van der Waals surface area contributed by atoms with E-state index in [-0.39, 0.29) is 24.1 Å². The van der Waals surface area contributed by atoms with Crippen LogP contribution in [0.4, 0.5) is 0 Å². The second-order valence-corrected chi connectivity index (χ2v) is 9.55. The summed E-state index contributed by atoms with van der Waals surface area (Å²) in [5.74, 6) is 3.53. The molecule has 3 amide bonds. The predicted molar refractivity (Wildman–Crippen MR) is 148 cm³/mol. The number of carbonyl (C=O) groups excluding carboxylic acids is 3. The van der Waals surface area contributed by atoms with Crippen molar-refractivity contribution in [3.05, 3.63) is 106 Å². The van der Waals surface area contributed by atoms with E-state index in [1.165, 1.54) is 0 Å². The first-order valence-electron chi connectivity index (χ1n) is 12.4. The normalized spacial score (nSPS) is 13.1. The van der Waals surface area contributed by atoms with Gasteiger partial charge < -0.3 is 16.0 Å². The highest BCUT2D eigenvalue weighted by Crippen LogP contribution is 2.46. The number of fused-ring (bicyclic) bond motifs is 1. The number of halogens is 1. The molecule has 1 heterocycles. The molecule has 3 N–H and O–H groups in total. The average Bonchev–Trinajstić information content (AvgIpc) is 3.75. The van der Waals surface area contributed by atoms with Crippen molar-refractivity contribution in [2.75, 3.05) is 6.54 Å². The van der Waals surface area contributed by atoms with Gasteiger partial charge in [-0.3, -0.25) is 14.4 Å². The number of rotatable bonds is 6. The van der Waals surface area contributed by atoms with E-state index in [1.807, 2.05) is 12.1 Å². The molecule has 3 aromatic carbocycles. The summed E-state index contributed by atoms with van der Waals surface area (Å²) >= 11 is 5.68. The standard InChI is InChI=1S/C30H24ClN5O3/c31-26-14-13-24(35-36-26)9-5-17-32-28(38)29(39)33-19-22-8-3-4-10-25(22)27(37)34-30(15-16-30)23-12-11-20-6-1-2-7-21(20)18-23/h1-4,6-8,10-14,18H,15-17,19H2,(H,32,38)(H,33,39)(H,34,37). The van der Waals surface area contributed by atoms with E-state index in [1.54, 1.807) is 36.4 Å². The highest BCUT2D eigenvalue weighted by Gasteiger charge is 2.46. The molecule has 194 valence electrons. The van der Waals surface area contributed by atoms with Gasteiger partial charge >= 0.3 is 11.8 Å². The number of nitrogens with one attached hydrogen (secondary N) is 3. The van der Waals surface area contributed by atoms with Gasteiger partial charge in [0, 0.05) is 12.1 Å². The molecule has 1 aliphatic rings. The van der Waals surface area contributed by atoms with Crippen molar-refractivity contribution in [2.45, 2.75) is 24.9 Å². The van der Waals surface area contributed by atoms with E-state index in [0.29, 0.717) is 16.8 Å². The van der Waals surface area contributed by atoms with Crippen molar-refractivity contribution >= 4 is 40.1 Å². The fraction of sp³-hybridized carbons (Fsp3) is 0.167. The summed E-state index contributed by atoms with van der Waals surface area (Å²) in [4.78, 5) is 37.8. The molecule has 1 aromatic heterocycles. The number of benzene rings is 3. The summed E-state index contributed by atoms with van der Waals surface area (Å²) in [6, 6.07) is 24.5. The molecule has 0 spiro atoms. The lowest BCUT2D eigenvalue weighted by Gasteiger charge is -2.20. The summed E-state index contributed by atoms with van der Waals surface area (Å²) < 4.78 is 0. The Bertz CT molecular complexity index is 1620. The third-order valence-corrected chi connectivity index (χ3v) is 6.70. The molecule has 1 aliphatic carbocycles. The molecule has 0 saturated heterocycles. The van der Waals surface area contributed by atoms with Gasteiger partial charge in [-0.15, -0.1) is 10.2 Å². The van der Waals surface area contributed by atoms with Crippen molar-refractivity contribution in [2.24, 2.45) is 0 Å². The molecule has 0 aliphatic heterocycles. The minimum absolute atomic E-state index is 0.0187. The van der Waals surface area contributed by atoms with Crippen LogP contribution >= 0.6 is 11.6 Å². The topological polar surface area (TPSA) is 113 Å². The zero-order valence-electron chi connectivity index (χ0n) is 20.8. The molecular formula is C30H24ClN5O3. The smallest absolute Gasteiger partial charge is 0.310 e. The van der Waals surface area contributed by atoms with Crippen molar-refractivity contribution < 1.29 is 14.4 Å². The fourth-order valence-corrected chi connectivity index (χ4v) is 4.36. The van der Waals surface area contributed by atoms with E-state index < -0.39 is 17.4 Å². The summed E-state index contributed by atoms with van der Waals surface area (Å²) in [5.41, 5.74) is 2.10. The molecule has 1 saturated carbocycles. The quantitative estimate of drug-likeness (QED) is 0.257. The van der Waals surface area contributed by atoms with Gasteiger partial charge in [-0.2, -0.15) is 0 Å². The Morgan fingerprint density at radius 3 is 2.36 bits per heavy atom. The monoisotopic (exact) mass is 537 g/mol. The van der Waals surface area contributed by atoms with Gasteiger partial charge in [0.1, 0.15) is 5.69 Å². The Kier molecular flexibility index (Phi) is 7.53. The van der Waals surface area contributed by atoms with Gasteiger partial charge in [0.05, 0.1) is 12.1 Å². The minimum Gasteiger partial charge on any atom is -0.344 e. The van der Waals surface area contributed by atoms with Crippen LogP contribution in [0.25, 0.3) is 10.8 Å². The van der Waals surface area contributed by atoms with Gasteiger partial charge in [0.2, 0.25) is 0 Å². The van der Waals surface area contributed by atoms with E-state index in [9.17, 15) is 14.4 Å². The fourth-order valence-electron chi connectivity index (χ4n) is 4.26. The van der Waals surface area contributed by atoms with Crippen LogP contribution < -0.4 is 16.0 Å². The van der Waals surface area contributed by atoms with Gasteiger partial charge in [0.25, 0.3) is 5.91 Å². The van der Waals surface area contributed by atoms with Crippen LogP contribution in [-0.4, -0.2) is 34.5 Å². The van der Waals surface area contributed by atoms with E-state index in [4.69, 9.17) is 11.6 Å². The lowest BCUT2D eigenvalue weighted by Crippen LogP contribution is -2.40. The van der Waals surface area contributed by atoms with Crippen LogP contribution in [0.2, 0.25) is 5.15 Å². The number of nitrogens with zero attached hydrogens (tertiary/aromatic N) is 2. The summed E-state index contributed by atoms with van der Waals surface area (Å²) in [5, 5.41) is 18.2. The molecule has 9 heteroatoms. The first kappa shape index (κ1) is 25.9. The summed E-state index contributed by atoms with van der Waals surface area (Å²) in [6.45, 7) is -0.0305. The lowest BCUT2D eigenvalue weighted by molar-refractivity contribution is -0.139. The summed E-state index contributed by atoms with van der Waals surface area (Å²) in [7, 11) is 0. The second kappa shape index (κ2) is 11.3. The zero-order valence-corrected chi connectivity index (χ0v) is 21.6. The minimum atomic E-state index is -0.832. The molecular weight excluding hydrogens is 514 g/mol. The van der Waals surface area contributed by atoms with Gasteiger partial charge in [0.15, 0.2) is 5.15 Å². The number of amides is 3. The molecule has 1 fully saturated rings. The maximum atomic E-state index is 13.3. The molecule has 39 heavy (non-hydrogen) atoms. The Hall–Kier alpha value is -4.74. The maximum Gasteiger partial charge on any atom is 0.310 e. The van der Waals surface area contributed by atoms with Gasteiger partial charge in [-0.05, 0) is 64.9 Å². The number of hydrogen-bond acceptors (Lipinski definition) is 5. The Morgan fingerprint density at radius 1 is 0.846 bits per heavy atom. The largest absolute Gasteiger partial charge is 0.344 e. The van der Waals surface area contributed by atoms with Crippen LogP contribution in [-0.2, 0) is 21.7 Å². The first-order valence-corrected chi connectivity index (χ1v) is 12.8. The van der Waals surface area contributed by atoms with Gasteiger partial charge in [-0.25, -0.2) is 0 Å². The Morgan fingerprint density at radius 2 is 1.59 bits per heavy atom. The Labute approximate surface area is 230 Å². The van der Waals surface area contributed by atoms with E-state index in [0.717, 1.165) is 29.2 Å². The van der Waals surface area contributed by atoms with E-state index >= 15 is 0 Å². The highest BCUT2D eigenvalue weighted by atomic mass is 35.5. The average molecular weight is 538 g/mol. The maximum absolute atomic E-state index is 13.3. The lowest BCUT2D eigenvalue weighted by atomic mass is 9.99. The SMILES string of the molecule is O=C(NCC#Cc1ccc(Cl)nn1)C(=O)NCc1ccccc1C(=O)NC1(c2ccc3ccccc3c2)CC1. The number of carbonyl (C=O) groups is 3. The number of aromatic nitrogens is 2. The van der Waals surface area contributed by atoms with Crippen molar-refractivity contribution in [1.82, 2.24) is 26.1 Å².